The Kier molecular flexibility index (Phi) is 10.5. The maximum Gasteiger partial charge on any atom is 0.414 e. The topological polar surface area (TPSA) is 111 Å². The first-order valence-corrected chi connectivity index (χ1v) is 13.2. The van der Waals surface area contributed by atoms with Crippen molar-refractivity contribution in [2.45, 2.75) is 40.2 Å². The Balaban J connectivity index is 0.000000599. The summed E-state index contributed by atoms with van der Waals surface area (Å²) in [7, 11) is 0. The molecule has 2 aliphatic heterocycles. The van der Waals surface area contributed by atoms with Crippen LogP contribution in [-0.4, -0.2) is 83.7 Å². The van der Waals surface area contributed by atoms with Crippen molar-refractivity contribution in [3.05, 3.63) is 59.2 Å². The van der Waals surface area contributed by atoms with E-state index in [-0.39, 0.29) is 5.92 Å². The van der Waals surface area contributed by atoms with Crippen molar-refractivity contribution in [1.82, 2.24) is 9.80 Å². The van der Waals surface area contributed by atoms with Crippen molar-refractivity contribution in [3.63, 3.8) is 0 Å². The van der Waals surface area contributed by atoms with Crippen LogP contribution >= 0.6 is 0 Å². The first-order valence-electron chi connectivity index (χ1n) is 13.2. The summed E-state index contributed by atoms with van der Waals surface area (Å²) in [6.45, 7) is 13.4. The molecule has 0 aromatic heterocycles. The summed E-state index contributed by atoms with van der Waals surface area (Å²) < 4.78 is 5.78. The van der Waals surface area contributed by atoms with E-state index in [1.165, 1.54) is 22.4 Å². The van der Waals surface area contributed by atoms with E-state index in [9.17, 15) is 4.79 Å². The van der Waals surface area contributed by atoms with Gasteiger partial charge in [-0.1, -0.05) is 30.3 Å². The Morgan fingerprint density at radius 3 is 2.11 bits per heavy atom. The Labute approximate surface area is 224 Å². The van der Waals surface area contributed by atoms with Gasteiger partial charge in [0.2, 0.25) is 5.91 Å². The van der Waals surface area contributed by atoms with Gasteiger partial charge in [-0.15, -0.1) is 0 Å². The van der Waals surface area contributed by atoms with Gasteiger partial charge in [0.05, 0.1) is 6.61 Å². The van der Waals surface area contributed by atoms with E-state index < -0.39 is 11.9 Å². The molecule has 206 valence electrons. The average molecular weight is 526 g/mol. The van der Waals surface area contributed by atoms with Crippen molar-refractivity contribution in [2.75, 3.05) is 50.8 Å². The molecule has 2 fully saturated rings. The molecule has 0 unspecified atom stereocenters. The number of piperazine rings is 1. The van der Waals surface area contributed by atoms with E-state index in [0.717, 1.165) is 64.4 Å². The van der Waals surface area contributed by atoms with Gasteiger partial charge < -0.3 is 24.7 Å². The van der Waals surface area contributed by atoms with Gasteiger partial charge in [-0.25, -0.2) is 9.59 Å². The maximum atomic E-state index is 13.2. The molecule has 9 nitrogen and oxygen atoms in total. The number of hydrogen-bond acceptors (Lipinski definition) is 6. The Bertz CT molecular complexity index is 1090. The molecule has 0 saturated carbocycles. The molecule has 2 aliphatic rings. The molecule has 4 rings (SSSR count). The first-order chi connectivity index (χ1) is 18.2. The van der Waals surface area contributed by atoms with Gasteiger partial charge >= 0.3 is 11.9 Å². The molecule has 0 spiro atoms. The number of hydrogen-bond donors (Lipinski definition) is 2. The van der Waals surface area contributed by atoms with Gasteiger partial charge in [0.25, 0.3) is 0 Å². The summed E-state index contributed by atoms with van der Waals surface area (Å²) in [5, 5.41) is 14.8. The third kappa shape index (κ3) is 7.71. The highest BCUT2D eigenvalue weighted by Gasteiger charge is 2.31. The Hall–Kier alpha value is -3.59. The Morgan fingerprint density at radius 1 is 0.868 bits per heavy atom. The van der Waals surface area contributed by atoms with Crippen LogP contribution in [0.1, 0.15) is 36.5 Å². The molecule has 2 heterocycles. The molecular weight excluding hydrogens is 486 g/mol. The summed E-state index contributed by atoms with van der Waals surface area (Å²) in [4.78, 5) is 38.4. The zero-order chi connectivity index (χ0) is 27.7. The highest BCUT2D eigenvalue weighted by Crippen LogP contribution is 2.27. The smallest absolute Gasteiger partial charge is 0.414 e. The van der Waals surface area contributed by atoms with Gasteiger partial charge in [-0.05, 0) is 70.0 Å². The fourth-order valence-electron chi connectivity index (χ4n) is 5.01. The van der Waals surface area contributed by atoms with Crippen LogP contribution in [0, 0.1) is 19.8 Å². The molecule has 0 aliphatic carbocycles. The van der Waals surface area contributed by atoms with Gasteiger partial charge in [0, 0.05) is 49.9 Å². The first kappa shape index (κ1) is 29.0. The minimum atomic E-state index is -1.82. The van der Waals surface area contributed by atoms with E-state index in [1.54, 1.807) is 0 Å². The largest absolute Gasteiger partial charge is 0.494 e. The van der Waals surface area contributed by atoms with Crippen LogP contribution in [0.3, 0.4) is 0 Å². The summed E-state index contributed by atoms with van der Waals surface area (Å²) >= 11 is 0. The number of piperidine rings is 1. The molecule has 2 aromatic rings. The minimum Gasteiger partial charge on any atom is -0.494 e. The van der Waals surface area contributed by atoms with Gasteiger partial charge in [-0.3, -0.25) is 9.69 Å². The lowest BCUT2D eigenvalue weighted by Gasteiger charge is -2.40. The van der Waals surface area contributed by atoms with Gasteiger partial charge in [0.1, 0.15) is 5.75 Å². The van der Waals surface area contributed by atoms with Crippen molar-refractivity contribution < 1.29 is 29.3 Å². The minimum absolute atomic E-state index is 0.167. The molecule has 2 N–H and O–H groups in total. The average Bonchev–Trinajstić information content (AvgIpc) is 2.92. The summed E-state index contributed by atoms with van der Waals surface area (Å²) in [6, 6.07) is 14.8. The molecule has 38 heavy (non-hydrogen) atoms. The molecule has 0 bridgehead atoms. The second-order valence-electron chi connectivity index (χ2n) is 9.73. The zero-order valence-electron chi connectivity index (χ0n) is 22.6. The highest BCUT2D eigenvalue weighted by molar-refractivity contribution is 6.27. The molecule has 2 aromatic carbocycles. The molecule has 9 heteroatoms. The fraction of sp³-hybridized carbons (Fsp3) is 0.483. The summed E-state index contributed by atoms with van der Waals surface area (Å²) in [5.74, 6) is -2.14. The monoisotopic (exact) mass is 525 g/mol. The number of rotatable bonds is 6. The molecule has 1 amide bonds. The standard InChI is InChI=1S/C27H37N3O2.C2H2O4/c1-4-32-26-11-6-5-9-24(26)20-28-14-12-23(13-15-28)27(31)30-18-16-29(17-19-30)25-10-7-8-21(2)22(25)3;3-1(4)2(5)6/h5-11,23H,4,12-20H2,1-3H3;(H,3,4)(H,5,6). The quantitative estimate of drug-likeness (QED) is 0.552. The van der Waals surface area contributed by atoms with Crippen LogP contribution in [0.2, 0.25) is 0 Å². The number of amides is 1. The van der Waals surface area contributed by atoms with Crippen LogP contribution < -0.4 is 9.64 Å². The van der Waals surface area contributed by atoms with Crippen LogP contribution in [0.15, 0.2) is 42.5 Å². The maximum absolute atomic E-state index is 13.2. The zero-order valence-corrected chi connectivity index (χ0v) is 22.6. The molecule has 2 saturated heterocycles. The SMILES string of the molecule is CCOc1ccccc1CN1CCC(C(=O)N2CCN(c3cccc(C)c3C)CC2)CC1.O=C(O)C(=O)O. The van der Waals surface area contributed by atoms with Gasteiger partial charge in [-0.2, -0.15) is 0 Å². The van der Waals surface area contributed by atoms with Crippen molar-refractivity contribution in [1.29, 1.82) is 0 Å². The number of likely N-dealkylation sites (tertiary alicyclic amines) is 1. The fourth-order valence-corrected chi connectivity index (χ4v) is 5.01. The highest BCUT2D eigenvalue weighted by atomic mass is 16.5. The van der Waals surface area contributed by atoms with Gasteiger partial charge in [0.15, 0.2) is 0 Å². The van der Waals surface area contributed by atoms with E-state index in [2.05, 4.69) is 58.9 Å². The Morgan fingerprint density at radius 2 is 1.50 bits per heavy atom. The predicted octanol–water partition coefficient (Wildman–Crippen LogP) is 3.42. The van der Waals surface area contributed by atoms with E-state index in [1.807, 2.05) is 19.1 Å². The lowest BCUT2D eigenvalue weighted by atomic mass is 9.94. The number of anilines is 1. The van der Waals surface area contributed by atoms with Crippen molar-refractivity contribution in [3.8, 4) is 5.75 Å². The van der Waals surface area contributed by atoms with E-state index in [0.29, 0.717) is 12.5 Å². The number of carbonyl (C=O) groups excluding carboxylic acids is 1. The lowest BCUT2D eigenvalue weighted by Crippen LogP contribution is -2.51. The predicted molar refractivity (Wildman–Crippen MR) is 146 cm³/mol. The number of aryl methyl sites for hydroxylation is 1. The van der Waals surface area contributed by atoms with Crippen LogP contribution in [0.5, 0.6) is 5.75 Å². The molecular formula is C29H39N3O6. The number of benzene rings is 2. The number of ether oxygens (including phenoxy) is 1. The number of carboxylic acids is 2. The second-order valence-corrected chi connectivity index (χ2v) is 9.73. The summed E-state index contributed by atoms with van der Waals surface area (Å²) in [6.07, 6.45) is 1.90. The number of carbonyl (C=O) groups is 3. The normalized spacial score (nSPS) is 16.4. The van der Waals surface area contributed by atoms with Crippen LogP contribution in [0.4, 0.5) is 5.69 Å². The number of para-hydroxylation sites is 1. The molecule has 0 atom stereocenters. The van der Waals surface area contributed by atoms with Crippen LogP contribution in [0.25, 0.3) is 0 Å². The number of nitrogens with zero attached hydrogens (tertiary/aromatic N) is 3. The van der Waals surface area contributed by atoms with Crippen molar-refractivity contribution in [2.24, 2.45) is 5.92 Å². The van der Waals surface area contributed by atoms with E-state index >= 15 is 0 Å². The summed E-state index contributed by atoms with van der Waals surface area (Å²) in [5.41, 5.74) is 5.24. The van der Waals surface area contributed by atoms with E-state index in [4.69, 9.17) is 24.5 Å². The van der Waals surface area contributed by atoms with Crippen LogP contribution in [-0.2, 0) is 20.9 Å². The number of aliphatic carboxylic acids is 2. The van der Waals surface area contributed by atoms with Crippen molar-refractivity contribution >= 4 is 23.5 Å². The molecule has 0 radical (unpaired) electrons. The third-order valence-corrected chi connectivity index (χ3v) is 7.29. The number of carboxylic acid groups (broad SMARTS) is 2. The third-order valence-electron chi connectivity index (χ3n) is 7.29. The second kappa shape index (κ2) is 13.8. The lowest BCUT2D eigenvalue weighted by molar-refractivity contribution is -0.159.